The lowest BCUT2D eigenvalue weighted by atomic mass is 10.2. The zero-order valence-corrected chi connectivity index (χ0v) is 19.0. The van der Waals surface area contributed by atoms with Gasteiger partial charge in [0, 0.05) is 31.9 Å². The Morgan fingerprint density at radius 3 is 2.46 bits per heavy atom. The maximum atomic E-state index is 4.70. The molecule has 0 fully saturated rings. The van der Waals surface area contributed by atoms with E-state index in [4.69, 9.17) is 5.10 Å². The maximum absolute atomic E-state index is 4.70. The predicted molar refractivity (Wildman–Crippen MR) is 121 cm³/mol. The van der Waals surface area contributed by atoms with Crippen molar-refractivity contribution in [1.29, 1.82) is 0 Å². The average molecular weight is 494 g/mol. The van der Waals surface area contributed by atoms with Gasteiger partial charge in [0.25, 0.3) is 0 Å². The molecule has 0 aliphatic carbocycles. The Labute approximate surface area is 182 Å². The molecular formula is C19H27IN8. The van der Waals surface area contributed by atoms with Crippen molar-refractivity contribution in [3.63, 3.8) is 0 Å². The molecular weight excluding hydrogens is 467 g/mol. The third-order valence-corrected chi connectivity index (χ3v) is 4.58. The molecule has 3 aromatic rings. The molecule has 3 rings (SSSR count). The number of guanidine groups is 1. The van der Waals surface area contributed by atoms with Crippen molar-refractivity contribution in [2.24, 2.45) is 12.0 Å². The van der Waals surface area contributed by atoms with Crippen LogP contribution in [0.25, 0.3) is 0 Å². The number of nitrogens with one attached hydrogen (secondary N) is 2. The summed E-state index contributed by atoms with van der Waals surface area (Å²) in [5.74, 6) is 1.56. The van der Waals surface area contributed by atoms with Crippen molar-refractivity contribution in [2.45, 2.75) is 33.5 Å². The highest BCUT2D eigenvalue weighted by molar-refractivity contribution is 14.0. The molecule has 8 nitrogen and oxygen atoms in total. The van der Waals surface area contributed by atoms with Gasteiger partial charge < -0.3 is 10.6 Å². The van der Waals surface area contributed by atoms with Gasteiger partial charge in [0.2, 0.25) is 0 Å². The number of rotatable bonds is 6. The highest BCUT2D eigenvalue weighted by Crippen LogP contribution is 2.14. The lowest BCUT2D eigenvalue weighted by Gasteiger charge is -2.12. The second kappa shape index (κ2) is 10.2. The molecule has 9 heteroatoms. The first-order valence-corrected chi connectivity index (χ1v) is 8.92. The van der Waals surface area contributed by atoms with Crippen molar-refractivity contribution in [1.82, 2.24) is 35.2 Å². The van der Waals surface area contributed by atoms with Crippen LogP contribution in [0.1, 0.15) is 28.3 Å². The molecule has 0 atom stereocenters. The van der Waals surface area contributed by atoms with E-state index in [2.05, 4.69) is 61.6 Å². The Hall–Kier alpha value is -2.43. The first-order valence-electron chi connectivity index (χ1n) is 8.92. The predicted octanol–water partition coefficient (Wildman–Crippen LogP) is 2.16. The Morgan fingerprint density at radius 1 is 1.11 bits per heavy atom. The summed E-state index contributed by atoms with van der Waals surface area (Å²) in [7, 11) is 3.62. The summed E-state index contributed by atoms with van der Waals surface area (Å²) >= 11 is 0. The van der Waals surface area contributed by atoms with Gasteiger partial charge in [-0.25, -0.2) is 4.98 Å². The summed E-state index contributed by atoms with van der Waals surface area (Å²) in [6.07, 6.45) is 1.54. The van der Waals surface area contributed by atoms with Crippen LogP contribution in [-0.4, -0.2) is 37.6 Å². The monoisotopic (exact) mass is 494 g/mol. The number of aliphatic imine (C=N–C) groups is 1. The van der Waals surface area contributed by atoms with Gasteiger partial charge in [-0.1, -0.05) is 30.3 Å². The highest BCUT2D eigenvalue weighted by Gasteiger charge is 2.12. The molecule has 2 aromatic heterocycles. The number of nitrogens with zero attached hydrogens (tertiary/aromatic N) is 6. The summed E-state index contributed by atoms with van der Waals surface area (Å²) in [4.78, 5) is 8.48. The van der Waals surface area contributed by atoms with Crippen molar-refractivity contribution in [3.8, 4) is 0 Å². The molecule has 0 amide bonds. The number of hydrogen-bond acceptors (Lipinski definition) is 4. The minimum atomic E-state index is 0. The van der Waals surface area contributed by atoms with Crippen LogP contribution < -0.4 is 10.6 Å². The lowest BCUT2D eigenvalue weighted by Crippen LogP contribution is -2.37. The van der Waals surface area contributed by atoms with Gasteiger partial charge in [0.1, 0.15) is 12.2 Å². The fraction of sp³-hybridized carbons (Fsp3) is 0.368. The second-order valence-corrected chi connectivity index (χ2v) is 6.37. The Bertz CT molecular complexity index is 913. The first kappa shape index (κ1) is 21.9. The van der Waals surface area contributed by atoms with Crippen LogP contribution in [0.5, 0.6) is 0 Å². The zero-order valence-electron chi connectivity index (χ0n) is 16.7. The van der Waals surface area contributed by atoms with Gasteiger partial charge in [-0.05, 0) is 19.4 Å². The third kappa shape index (κ3) is 5.31. The smallest absolute Gasteiger partial charge is 0.191 e. The standard InChI is InChI=1S/C19H26N8.HI/c1-14-17(15(2)27(25-14)12-16-8-6-5-7-9-16)10-21-19(20-3)22-11-18-23-13-24-26(18)4;/h5-9,13H,10-12H2,1-4H3,(H2,20,21,22);1H. The van der Waals surface area contributed by atoms with Crippen LogP contribution in [0, 0.1) is 13.8 Å². The van der Waals surface area contributed by atoms with Crippen LogP contribution in [0.4, 0.5) is 0 Å². The van der Waals surface area contributed by atoms with E-state index < -0.39 is 0 Å². The number of benzene rings is 1. The summed E-state index contributed by atoms with van der Waals surface area (Å²) in [6.45, 7) is 6.13. The Morgan fingerprint density at radius 2 is 1.82 bits per heavy atom. The van der Waals surface area contributed by atoms with E-state index in [1.807, 2.05) is 20.0 Å². The number of halogens is 1. The van der Waals surface area contributed by atoms with E-state index in [-0.39, 0.29) is 24.0 Å². The SMILES string of the molecule is CN=C(NCc1c(C)nn(Cc2ccccc2)c1C)NCc1ncnn1C.I. The van der Waals surface area contributed by atoms with Crippen LogP contribution >= 0.6 is 24.0 Å². The van der Waals surface area contributed by atoms with Gasteiger partial charge in [-0.2, -0.15) is 10.2 Å². The van der Waals surface area contributed by atoms with E-state index in [9.17, 15) is 0 Å². The first-order chi connectivity index (χ1) is 13.1. The fourth-order valence-corrected chi connectivity index (χ4v) is 2.94. The van der Waals surface area contributed by atoms with E-state index in [1.165, 1.54) is 11.1 Å². The Kier molecular flexibility index (Phi) is 7.97. The van der Waals surface area contributed by atoms with Crippen molar-refractivity contribution >= 4 is 29.9 Å². The summed E-state index contributed by atoms with van der Waals surface area (Å²) in [5, 5.41) is 15.4. The summed E-state index contributed by atoms with van der Waals surface area (Å²) in [5.41, 5.74) is 4.61. The normalized spacial score (nSPS) is 11.2. The molecule has 0 unspecified atom stereocenters. The van der Waals surface area contributed by atoms with Gasteiger partial charge in [-0.15, -0.1) is 24.0 Å². The number of aryl methyl sites for hydroxylation is 2. The summed E-state index contributed by atoms with van der Waals surface area (Å²) < 4.78 is 3.79. The zero-order chi connectivity index (χ0) is 19.2. The van der Waals surface area contributed by atoms with Crippen molar-refractivity contribution in [3.05, 3.63) is 65.0 Å². The molecule has 0 spiro atoms. The van der Waals surface area contributed by atoms with E-state index in [1.54, 1.807) is 18.1 Å². The number of aromatic nitrogens is 5. The van der Waals surface area contributed by atoms with Crippen molar-refractivity contribution < 1.29 is 0 Å². The average Bonchev–Trinajstić information content (AvgIpc) is 3.20. The van der Waals surface area contributed by atoms with E-state index >= 15 is 0 Å². The van der Waals surface area contributed by atoms with Crippen molar-refractivity contribution in [2.75, 3.05) is 7.05 Å². The molecule has 0 radical (unpaired) electrons. The maximum Gasteiger partial charge on any atom is 0.191 e. The molecule has 0 aliphatic heterocycles. The summed E-state index contributed by atoms with van der Waals surface area (Å²) in [6, 6.07) is 10.4. The minimum Gasteiger partial charge on any atom is -0.352 e. The third-order valence-electron chi connectivity index (χ3n) is 4.58. The minimum absolute atomic E-state index is 0. The number of hydrogen-bond donors (Lipinski definition) is 2. The Balaban J connectivity index is 0.00000280. The molecule has 0 saturated carbocycles. The lowest BCUT2D eigenvalue weighted by molar-refractivity contribution is 0.657. The topological polar surface area (TPSA) is 84.9 Å². The van der Waals surface area contributed by atoms with Gasteiger partial charge in [0.05, 0.1) is 18.8 Å². The second-order valence-electron chi connectivity index (χ2n) is 6.37. The molecule has 2 N–H and O–H groups in total. The van der Waals surface area contributed by atoms with Gasteiger partial charge >= 0.3 is 0 Å². The van der Waals surface area contributed by atoms with Crippen LogP contribution in [0.3, 0.4) is 0 Å². The van der Waals surface area contributed by atoms with Crippen LogP contribution in [0.2, 0.25) is 0 Å². The molecule has 1 aromatic carbocycles. The van der Waals surface area contributed by atoms with Gasteiger partial charge in [-0.3, -0.25) is 14.4 Å². The highest BCUT2D eigenvalue weighted by atomic mass is 127. The van der Waals surface area contributed by atoms with Crippen LogP contribution in [0.15, 0.2) is 41.7 Å². The fourth-order valence-electron chi connectivity index (χ4n) is 2.94. The molecule has 28 heavy (non-hydrogen) atoms. The van der Waals surface area contributed by atoms with Gasteiger partial charge in [0.15, 0.2) is 5.96 Å². The molecule has 150 valence electrons. The van der Waals surface area contributed by atoms with Crippen LogP contribution in [-0.2, 0) is 26.7 Å². The quantitative estimate of drug-likeness (QED) is 0.312. The molecule has 0 saturated heterocycles. The van der Waals surface area contributed by atoms with E-state index in [0.29, 0.717) is 19.0 Å². The largest absolute Gasteiger partial charge is 0.352 e. The molecule has 2 heterocycles. The van der Waals surface area contributed by atoms with E-state index in [0.717, 1.165) is 23.8 Å². The molecule has 0 aliphatic rings. The molecule has 0 bridgehead atoms.